The van der Waals surface area contributed by atoms with Crippen molar-refractivity contribution >= 4 is 0 Å². The van der Waals surface area contributed by atoms with E-state index in [0.717, 1.165) is 6.42 Å². The summed E-state index contributed by atoms with van der Waals surface area (Å²) < 4.78 is 35.9. The SMILES string of the molecule is C.CC1(C)OCC(N)(CO)CO1.CCC(N)(CO)CO.CCC1(N)COC(C)(C)OC1.COC(C)(C)C.COCC(N)(CO)COC.NC(CO)(CO)CO.[H+].[H+]. The summed E-state index contributed by atoms with van der Waals surface area (Å²) in [5.74, 6) is -1.00. The highest BCUT2D eigenvalue weighted by atomic mass is 16.7. The molecule has 0 aromatic carbocycles. The molecule has 55 heavy (non-hydrogen) atoms. The first-order chi connectivity index (χ1) is 24.6. The van der Waals surface area contributed by atoms with Crippen molar-refractivity contribution in [2.45, 2.75) is 127 Å². The molecule has 2 fully saturated rings. The number of hydrogen-bond donors (Lipinski definition) is 12. The molecule has 340 valence electrons. The van der Waals surface area contributed by atoms with E-state index in [9.17, 15) is 0 Å². The molecule has 0 aromatic heterocycles. The van der Waals surface area contributed by atoms with Crippen LogP contribution in [0.3, 0.4) is 0 Å². The first-order valence-corrected chi connectivity index (χ1v) is 17.9. The largest absolute Gasteiger partial charge is 1.00 e. The fourth-order valence-electron chi connectivity index (χ4n) is 2.86. The third-order valence-electron chi connectivity index (χ3n) is 7.92. The van der Waals surface area contributed by atoms with Crippen molar-refractivity contribution in [1.29, 1.82) is 0 Å². The summed E-state index contributed by atoms with van der Waals surface area (Å²) in [7, 11) is 4.78. The van der Waals surface area contributed by atoms with Gasteiger partial charge in [0.1, 0.15) is 0 Å². The number of rotatable bonds is 13. The Labute approximate surface area is 335 Å². The Bertz CT molecular complexity index is 808. The Kier molecular flexibility index (Phi) is 34.9. The molecule has 0 amide bonds. The van der Waals surface area contributed by atoms with Gasteiger partial charge in [-0.25, -0.2) is 0 Å². The first kappa shape index (κ1) is 63.4. The highest BCUT2D eigenvalue weighted by molar-refractivity contribution is 4.88. The van der Waals surface area contributed by atoms with E-state index in [0.29, 0.717) is 46.1 Å². The minimum Gasteiger partial charge on any atom is -0.394 e. The van der Waals surface area contributed by atoms with Gasteiger partial charge in [-0.3, -0.25) is 0 Å². The molecule has 19 heteroatoms. The van der Waals surface area contributed by atoms with Gasteiger partial charge in [-0.15, -0.1) is 0 Å². The Morgan fingerprint density at radius 3 is 0.982 bits per heavy atom. The van der Waals surface area contributed by atoms with E-state index < -0.39 is 53.6 Å². The van der Waals surface area contributed by atoms with Crippen LogP contribution in [-0.4, -0.2) is 188 Å². The van der Waals surface area contributed by atoms with Crippen LogP contribution in [0.5, 0.6) is 0 Å². The lowest BCUT2D eigenvalue weighted by molar-refractivity contribution is -0.270. The summed E-state index contributed by atoms with van der Waals surface area (Å²) >= 11 is 0. The molecule has 0 spiro atoms. The lowest BCUT2D eigenvalue weighted by Crippen LogP contribution is -2.59. The summed E-state index contributed by atoms with van der Waals surface area (Å²) in [5, 5.41) is 59.6. The minimum atomic E-state index is -1.21. The zero-order valence-corrected chi connectivity index (χ0v) is 35.5. The second-order valence-electron chi connectivity index (χ2n) is 15.8. The van der Waals surface area contributed by atoms with E-state index in [1.165, 1.54) is 14.2 Å². The predicted octanol–water partition coefficient (Wildman–Crippen LogP) is -1.66. The average Bonchev–Trinajstić information content (AvgIpc) is 3.15. The fraction of sp³-hybridized carbons (Fsp3) is 1.00. The van der Waals surface area contributed by atoms with Crippen LogP contribution in [-0.2, 0) is 33.2 Å². The Balaban J connectivity index is -0.000000105. The quantitative estimate of drug-likeness (QED) is 0.0989. The average molecular weight is 816 g/mol. The number of methoxy groups -OCH3 is 3. The molecule has 0 aliphatic carbocycles. The molecule has 2 heterocycles. The molecule has 19 nitrogen and oxygen atoms in total. The van der Waals surface area contributed by atoms with Crippen molar-refractivity contribution in [2.75, 3.05) is 107 Å². The van der Waals surface area contributed by atoms with E-state index in [2.05, 4.69) is 0 Å². The van der Waals surface area contributed by atoms with Gasteiger partial charge in [0.15, 0.2) is 11.6 Å². The van der Waals surface area contributed by atoms with E-state index in [-0.39, 0.29) is 47.8 Å². The molecule has 0 atom stereocenters. The Hall–Kier alpha value is -0.760. The van der Waals surface area contributed by atoms with E-state index in [1.54, 1.807) is 7.11 Å². The molecule has 0 aromatic rings. The van der Waals surface area contributed by atoms with Gasteiger partial charge in [0.05, 0.1) is 119 Å². The highest BCUT2D eigenvalue weighted by Gasteiger charge is 2.37. The zero-order chi connectivity index (χ0) is 43.6. The highest BCUT2D eigenvalue weighted by Crippen LogP contribution is 2.23. The summed E-state index contributed by atoms with van der Waals surface area (Å²) in [5.41, 5.74) is 24.1. The summed E-state index contributed by atoms with van der Waals surface area (Å²) in [6.07, 6.45) is 1.49. The van der Waals surface area contributed by atoms with E-state index >= 15 is 0 Å². The fourth-order valence-corrected chi connectivity index (χ4v) is 2.86. The molecule has 2 aliphatic heterocycles. The Morgan fingerprint density at radius 2 is 0.836 bits per heavy atom. The topological polar surface area (TPSA) is 336 Å². The summed E-state index contributed by atoms with van der Waals surface area (Å²) in [6.45, 7) is 18.1. The van der Waals surface area contributed by atoms with Crippen LogP contribution in [0.25, 0.3) is 0 Å². The maximum atomic E-state index is 8.84. The van der Waals surface area contributed by atoms with Crippen LogP contribution in [0.15, 0.2) is 0 Å². The number of aliphatic hydroxyl groups excluding tert-OH is 7. The molecular weight excluding hydrogens is 726 g/mol. The molecule has 0 radical (unpaired) electrons. The number of ether oxygens (including phenoxy) is 7. The second-order valence-corrected chi connectivity index (χ2v) is 15.8. The number of hydrogen-bond acceptors (Lipinski definition) is 19. The first-order valence-electron chi connectivity index (χ1n) is 17.9. The molecule has 0 saturated carbocycles. The second kappa shape index (κ2) is 30.3. The van der Waals surface area contributed by atoms with Gasteiger partial charge < -0.3 is 97.6 Å². The predicted molar refractivity (Wildman–Crippen MR) is 216 cm³/mol. The summed E-state index contributed by atoms with van der Waals surface area (Å²) in [6, 6.07) is 0. The van der Waals surface area contributed by atoms with E-state index in [1.807, 2.05) is 62.3 Å². The van der Waals surface area contributed by atoms with Gasteiger partial charge in [0.2, 0.25) is 0 Å². The van der Waals surface area contributed by atoms with Gasteiger partial charge in [-0.05, 0) is 61.3 Å². The maximum Gasteiger partial charge on any atom is 1.00 e. The van der Waals surface area contributed by atoms with Crippen molar-refractivity contribution < 1.29 is 71.8 Å². The van der Waals surface area contributed by atoms with Crippen LogP contribution in [0.1, 0.15) is 85.4 Å². The van der Waals surface area contributed by atoms with Gasteiger partial charge in [0.25, 0.3) is 0 Å². The molecule has 2 saturated heterocycles. The number of nitrogens with two attached hydrogens (primary N) is 5. The van der Waals surface area contributed by atoms with Crippen molar-refractivity contribution in [2.24, 2.45) is 28.7 Å². The number of aliphatic hydroxyl groups is 7. The van der Waals surface area contributed by atoms with Crippen molar-refractivity contribution in [3.63, 3.8) is 0 Å². The lowest BCUT2D eigenvalue weighted by atomic mass is 9.99. The smallest absolute Gasteiger partial charge is 0.394 e. The van der Waals surface area contributed by atoms with Crippen LogP contribution < -0.4 is 28.7 Å². The maximum absolute atomic E-state index is 8.84. The Morgan fingerprint density at radius 1 is 0.564 bits per heavy atom. The lowest BCUT2D eigenvalue weighted by Gasteiger charge is -2.40. The minimum absolute atomic E-state index is 0. The molecule has 2 aliphatic rings. The van der Waals surface area contributed by atoms with Gasteiger partial charge in [-0.1, -0.05) is 21.3 Å². The van der Waals surface area contributed by atoms with Crippen LogP contribution >= 0.6 is 0 Å². The molecule has 0 unspecified atom stereocenters. The van der Waals surface area contributed by atoms with Crippen LogP contribution in [0, 0.1) is 0 Å². The third-order valence-corrected chi connectivity index (χ3v) is 7.92. The van der Waals surface area contributed by atoms with Crippen LogP contribution in [0.2, 0.25) is 0 Å². The molecule has 17 N–H and O–H groups in total. The van der Waals surface area contributed by atoms with Crippen molar-refractivity contribution in [3.05, 3.63) is 0 Å². The van der Waals surface area contributed by atoms with Crippen molar-refractivity contribution in [3.8, 4) is 0 Å². The monoisotopic (exact) mass is 816 g/mol. The molecule has 0 bridgehead atoms. The normalized spacial score (nSPS) is 18.3. The summed E-state index contributed by atoms with van der Waals surface area (Å²) in [4.78, 5) is 0. The van der Waals surface area contributed by atoms with Gasteiger partial charge in [0, 0.05) is 21.3 Å². The van der Waals surface area contributed by atoms with E-state index in [4.69, 9.17) is 97.6 Å². The standard InChI is InChI=1S/C8H17NO2.C7H15NO3.C6H15NO3.C5H13NO2.C5H12O.C4H11NO3.CH4/c1-4-8(9)5-10-7(2,3)11-6-8;1-6(2)10-4-7(8,3-9)5-11-6;1-9-4-6(7,3-8)5-10-2;1-2-5(6,3-7)4-8;1-5(2,3)6-4;5-4(1-6,2-7)3-8;/h4-6,9H2,1-3H3;9H,3-5,8H2,1-2H3;8H,3-5,7H2,1-2H3;7-8H,2-4,6H2,1H3;1-4H3;6-8H,1-3,5H2;1H4/p+2. The van der Waals surface area contributed by atoms with Gasteiger partial charge in [-0.2, -0.15) is 0 Å². The third kappa shape index (κ3) is 32.8. The van der Waals surface area contributed by atoms with Gasteiger partial charge >= 0.3 is 2.85 Å². The molecular formula is C36H89N5O14+2. The molecule has 2 rings (SSSR count). The van der Waals surface area contributed by atoms with Crippen molar-refractivity contribution in [1.82, 2.24) is 0 Å². The van der Waals surface area contributed by atoms with Crippen LogP contribution in [0.4, 0.5) is 0 Å². The zero-order valence-electron chi connectivity index (χ0n) is 37.5.